The van der Waals surface area contributed by atoms with E-state index in [-0.39, 0.29) is 17.2 Å². The van der Waals surface area contributed by atoms with Crippen molar-refractivity contribution in [3.8, 4) is 5.75 Å². The Morgan fingerprint density at radius 1 is 1.23 bits per heavy atom. The summed E-state index contributed by atoms with van der Waals surface area (Å²) in [6.45, 7) is 0.353. The van der Waals surface area contributed by atoms with Crippen LogP contribution >= 0.6 is 0 Å². The van der Waals surface area contributed by atoms with E-state index in [9.17, 15) is 13.2 Å². The van der Waals surface area contributed by atoms with Gasteiger partial charge < -0.3 is 10.1 Å². The summed E-state index contributed by atoms with van der Waals surface area (Å²) in [4.78, 5) is 16.4. The Labute approximate surface area is 154 Å². The van der Waals surface area contributed by atoms with Crippen LogP contribution in [-0.2, 0) is 27.8 Å². The summed E-state index contributed by atoms with van der Waals surface area (Å²) >= 11 is 0. The number of pyridine rings is 1. The van der Waals surface area contributed by atoms with E-state index >= 15 is 0 Å². The van der Waals surface area contributed by atoms with Crippen molar-refractivity contribution in [2.24, 2.45) is 0 Å². The van der Waals surface area contributed by atoms with Crippen molar-refractivity contribution in [3.05, 3.63) is 53.9 Å². The SMILES string of the molecule is COc1ccc(S(=O)(=O)N(C)C)cc1CCC(=O)NCc1ccccn1. The molecule has 2 rings (SSSR count). The maximum absolute atomic E-state index is 12.3. The lowest BCUT2D eigenvalue weighted by Crippen LogP contribution is -2.24. The molecule has 0 aliphatic carbocycles. The third-order valence-corrected chi connectivity index (χ3v) is 5.66. The summed E-state index contributed by atoms with van der Waals surface area (Å²) in [6.07, 6.45) is 2.26. The molecule has 0 unspecified atom stereocenters. The molecule has 0 atom stereocenters. The highest BCUT2D eigenvalue weighted by Crippen LogP contribution is 2.25. The predicted molar refractivity (Wildman–Crippen MR) is 98.3 cm³/mol. The van der Waals surface area contributed by atoms with Crippen LogP contribution in [0, 0.1) is 0 Å². The number of sulfonamides is 1. The highest BCUT2D eigenvalue weighted by Gasteiger charge is 2.19. The zero-order valence-corrected chi connectivity index (χ0v) is 15.9. The minimum absolute atomic E-state index is 0.140. The molecular formula is C18H23N3O4S. The number of hydrogen-bond donors (Lipinski definition) is 1. The summed E-state index contributed by atoms with van der Waals surface area (Å²) in [6, 6.07) is 10.2. The minimum Gasteiger partial charge on any atom is -0.496 e. The lowest BCUT2D eigenvalue weighted by Gasteiger charge is -2.14. The number of aryl methyl sites for hydroxylation is 1. The van der Waals surface area contributed by atoms with E-state index in [1.54, 1.807) is 18.3 Å². The van der Waals surface area contributed by atoms with Crippen LogP contribution in [0.5, 0.6) is 5.75 Å². The van der Waals surface area contributed by atoms with E-state index in [4.69, 9.17) is 4.74 Å². The van der Waals surface area contributed by atoms with Crippen LogP contribution in [0.4, 0.5) is 0 Å². The van der Waals surface area contributed by atoms with Gasteiger partial charge in [-0.15, -0.1) is 0 Å². The fourth-order valence-corrected chi connectivity index (χ4v) is 3.30. The third kappa shape index (κ3) is 5.03. The quantitative estimate of drug-likeness (QED) is 0.755. The largest absolute Gasteiger partial charge is 0.496 e. The first-order chi connectivity index (χ1) is 12.3. The number of amides is 1. The van der Waals surface area contributed by atoms with Gasteiger partial charge in [0.15, 0.2) is 0 Å². The van der Waals surface area contributed by atoms with Crippen molar-refractivity contribution >= 4 is 15.9 Å². The molecule has 0 bridgehead atoms. The second-order valence-electron chi connectivity index (χ2n) is 5.86. The molecule has 0 aliphatic heterocycles. The van der Waals surface area contributed by atoms with Gasteiger partial charge in [0.25, 0.3) is 0 Å². The first kappa shape index (κ1) is 19.9. The average Bonchev–Trinajstić information content (AvgIpc) is 2.65. The molecule has 7 nitrogen and oxygen atoms in total. The van der Waals surface area contributed by atoms with Crippen LogP contribution in [0.1, 0.15) is 17.7 Å². The highest BCUT2D eigenvalue weighted by molar-refractivity contribution is 7.89. The standard InChI is InChI=1S/C18H23N3O4S/c1-21(2)26(23,24)16-8-9-17(25-3)14(12-16)7-10-18(22)20-13-15-6-4-5-11-19-15/h4-6,8-9,11-12H,7,10,13H2,1-3H3,(H,20,22). The summed E-state index contributed by atoms with van der Waals surface area (Å²) in [5.41, 5.74) is 1.45. The number of rotatable bonds is 8. The van der Waals surface area contributed by atoms with Gasteiger partial charge in [0.05, 0.1) is 24.2 Å². The monoisotopic (exact) mass is 377 g/mol. The molecule has 0 saturated heterocycles. The summed E-state index contributed by atoms with van der Waals surface area (Å²) in [5, 5.41) is 2.80. The molecule has 0 radical (unpaired) electrons. The van der Waals surface area contributed by atoms with Gasteiger partial charge in [0.2, 0.25) is 15.9 Å². The van der Waals surface area contributed by atoms with Crippen LogP contribution in [0.25, 0.3) is 0 Å². The Morgan fingerprint density at radius 3 is 2.62 bits per heavy atom. The molecule has 1 aromatic carbocycles. The second kappa shape index (κ2) is 8.77. The lowest BCUT2D eigenvalue weighted by atomic mass is 10.1. The molecular weight excluding hydrogens is 354 g/mol. The number of hydrogen-bond acceptors (Lipinski definition) is 5. The highest BCUT2D eigenvalue weighted by atomic mass is 32.2. The van der Waals surface area contributed by atoms with Crippen molar-refractivity contribution in [1.82, 2.24) is 14.6 Å². The lowest BCUT2D eigenvalue weighted by molar-refractivity contribution is -0.121. The van der Waals surface area contributed by atoms with Crippen molar-refractivity contribution in [2.45, 2.75) is 24.3 Å². The Morgan fingerprint density at radius 2 is 2.00 bits per heavy atom. The number of ether oxygens (including phenoxy) is 1. The normalized spacial score (nSPS) is 11.4. The van der Waals surface area contributed by atoms with E-state index < -0.39 is 10.0 Å². The minimum atomic E-state index is -3.54. The number of nitrogens with zero attached hydrogens (tertiary/aromatic N) is 2. The molecule has 0 spiro atoms. The number of nitrogens with one attached hydrogen (secondary N) is 1. The van der Waals surface area contributed by atoms with E-state index in [1.165, 1.54) is 27.3 Å². The molecule has 1 heterocycles. The van der Waals surface area contributed by atoms with Crippen LogP contribution in [-0.4, -0.2) is 44.8 Å². The number of benzene rings is 1. The Kier molecular flexibility index (Phi) is 6.70. The molecule has 140 valence electrons. The molecule has 1 aromatic heterocycles. The van der Waals surface area contributed by atoms with Gasteiger partial charge in [0, 0.05) is 26.7 Å². The smallest absolute Gasteiger partial charge is 0.242 e. The van der Waals surface area contributed by atoms with E-state index in [0.717, 1.165) is 10.00 Å². The average molecular weight is 377 g/mol. The van der Waals surface area contributed by atoms with Gasteiger partial charge >= 0.3 is 0 Å². The van der Waals surface area contributed by atoms with Crippen LogP contribution in [0.2, 0.25) is 0 Å². The molecule has 26 heavy (non-hydrogen) atoms. The molecule has 1 N–H and O–H groups in total. The fraction of sp³-hybridized carbons (Fsp3) is 0.333. The summed E-state index contributed by atoms with van der Waals surface area (Å²) in [5.74, 6) is 0.416. The third-order valence-electron chi connectivity index (χ3n) is 3.84. The van der Waals surface area contributed by atoms with Gasteiger partial charge in [-0.3, -0.25) is 9.78 Å². The second-order valence-corrected chi connectivity index (χ2v) is 8.01. The predicted octanol–water partition coefficient (Wildman–Crippen LogP) is 1.59. The Bertz CT molecular complexity index is 852. The first-order valence-electron chi connectivity index (χ1n) is 8.10. The van der Waals surface area contributed by atoms with Crippen molar-refractivity contribution < 1.29 is 17.9 Å². The summed E-state index contributed by atoms with van der Waals surface area (Å²) in [7, 11) is 0.927. The van der Waals surface area contributed by atoms with Crippen LogP contribution in [0.3, 0.4) is 0 Å². The van der Waals surface area contributed by atoms with E-state index in [0.29, 0.717) is 24.3 Å². The van der Waals surface area contributed by atoms with E-state index in [2.05, 4.69) is 10.3 Å². The van der Waals surface area contributed by atoms with Gasteiger partial charge in [0.1, 0.15) is 5.75 Å². The number of aromatic nitrogens is 1. The maximum atomic E-state index is 12.3. The fourth-order valence-electron chi connectivity index (χ4n) is 2.35. The number of methoxy groups -OCH3 is 1. The molecule has 8 heteroatoms. The molecule has 0 fully saturated rings. The molecule has 0 saturated carbocycles. The topological polar surface area (TPSA) is 88.6 Å². The van der Waals surface area contributed by atoms with Crippen LogP contribution in [0.15, 0.2) is 47.5 Å². The first-order valence-corrected chi connectivity index (χ1v) is 9.54. The molecule has 1 amide bonds. The van der Waals surface area contributed by atoms with Gasteiger partial charge in [-0.1, -0.05) is 6.07 Å². The zero-order valence-electron chi connectivity index (χ0n) is 15.1. The maximum Gasteiger partial charge on any atom is 0.242 e. The zero-order chi connectivity index (χ0) is 19.2. The molecule has 0 aliphatic rings. The Hall–Kier alpha value is -2.45. The number of carbonyl (C=O) groups excluding carboxylic acids is 1. The number of carbonyl (C=O) groups is 1. The van der Waals surface area contributed by atoms with Crippen molar-refractivity contribution in [1.29, 1.82) is 0 Å². The van der Waals surface area contributed by atoms with E-state index in [1.807, 2.05) is 18.2 Å². The summed E-state index contributed by atoms with van der Waals surface area (Å²) < 4.78 is 31.0. The van der Waals surface area contributed by atoms with Crippen molar-refractivity contribution in [3.63, 3.8) is 0 Å². The van der Waals surface area contributed by atoms with Gasteiger partial charge in [-0.25, -0.2) is 12.7 Å². The van der Waals surface area contributed by atoms with Gasteiger partial charge in [-0.05, 0) is 42.3 Å². The molecule has 2 aromatic rings. The van der Waals surface area contributed by atoms with Crippen molar-refractivity contribution in [2.75, 3.05) is 21.2 Å². The van der Waals surface area contributed by atoms with Gasteiger partial charge in [-0.2, -0.15) is 0 Å². The van der Waals surface area contributed by atoms with Crippen LogP contribution < -0.4 is 10.1 Å². The Balaban J connectivity index is 2.04.